The number of rotatable bonds is 7. The molecular formula is C21H21N5O3S2. The van der Waals surface area contributed by atoms with Gasteiger partial charge in [-0.25, -0.2) is 9.97 Å². The molecule has 3 aromatic rings. The van der Waals surface area contributed by atoms with Gasteiger partial charge in [0, 0.05) is 48.5 Å². The van der Waals surface area contributed by atoms with Crippen molar-refractivity contribution in [2.75, 3.05) is 18.0 Å². The molecule has 0 bridgehead atoms. The molecule has 0 atom stereocenters. The Morgan fingerprint density at radius 3 is 2.81 bits per heavy atom. The highest BCUT2D eigenvalue weighted by atomic mass is 32.2. The zero-order valence-corrected chi connectivity index (χ0v) is 18.5. The molecule has 0 spiro atoms. The molecule has 2 aromatic heterocycles. The molecule has 0 aliphatic carbocycles. The number of anilines is 1. The Morgan fingerprint density at radius 2 is 2.10 bits per heavy atom. The first kappa shape index (κ1) is 21.3. The number of aryl methyl sites for hydroxylation is 1. The molecule has 0 radical (unpaired) electrons. The average Bonchev–Trinajstić information content (AvgIpc) is 3.44. The van der Waals surface area contributed by atoms with E-state index in [9.17, 15) is 14.9 Å². The van der Waals surface area contributed by atoms with Crippen LogP contribution in [0.1, 0.15) is 34.5 Å². The average molecular weight is 456 g/mol. The number of thiazole rings is 1. The van der Waals surface area contributed by atoms with E-state index in [1.807, 2.05) is 24.4 Å². The van der Waals surface area contributed by atoms with Crippen molar-refractivity contribution in [3.63, 3.8) is 0 Å². The maximum absolute atomic E-state index is 12.6. The van der Waals surface area contributed by atoms with E-state index >= 15 is 0 Å². The predicted octanol–water partition coefficient (Wildman–Crippen LogP) is 4.44. The summed E-state index contributed by atoms with van der Waals surface area (Å²) in [5, 5.41) is 16.3. The topological polar surface area (TPSA) is 101 Å². The van der Waals surface area contributed by atoms with E-state index in [1.165, 1.54) is 29.2 Å². The van der Waals surface area contributed by atoms with Crippen molar-refractivity contribution in [3.05, 3.63) is 68.8 Å². The van der Waals surface area contributed by atoms with Gasteiger partial charge in [-0.3, -0.25) is 14.9 Å². The Kier molecular flexibility index (Phi) is 6.47. The molecule has 1 fully saturated rings. The Labute approximate surface area is 187 Å². The summed E-state index contributed by atoms with van der Waals surface area (Å²) in [6.45, 7) is 4.19. The van der Waals surface area contributed by atoms with Gasteiger partial charge in [-0.05, 0) is 49.6 Å². The van der Waals surface area contributed by atoms with Gasteiger partial charge < -0.3 is 10.2 Å². The summed E-state index contributed by atoms with van der Waals surface area (Å²) in [4.78, 5) is 35.2. The van der Waals surface area contributed by atoms with Crippen molar-refractivity contribution in [2.45, 2.75) is 35.5 Å². The largest absolute Gasteiger partial charge is 0.357 e. The van der Waals surface area contributed by atoms with Crippen LogP contribution in [0.2, 0.25) is 0 Å². The molecule has 0 unspecified atom stereocenters. The van der Waals surface area contributed by atoms with E-state index in [1.54, 1.807) is 18.3 Å². The van der Waals surface area contributed by atoms with E-state index in [0.717, 1.165) is 47.3 Å². The summed E-state index contributed by atoms with van der Waals surface area (Å²) >= 11 is 2.66. The number of hydrogen-bond donors (Lipinski definition) is 1. The Balaban J connectivity index is 1.45. The molecule has 160 valence electrons. The molecule has 1 aliphatic rings. The van der Waals surface area contributed by atoms with E-state index in [0.29, 0.717) is 11.4 Å². The first-order valence-corrected chi connectivity index (χ1v) is 11.6. The smallest absolute Gasteiger partial charge is 0.284 e. The van der Waals surface area contributed by atoms with Gasteiger partial charge in [0.15, 0.2) is 4.34 Å². The number of carbonyl (C=O) groups excluding carboxylic acids is 1. The maximum Gasteiger partial charge on any atom is 0.284 e. The molecule has 10 heteroatoms. The van der Waals surface area contributed by atoms with Gasteiger partial charge in [-0.1, -0.05) is 11.8 Å². The number of nitro benzene ring substituents is 1. The number of nitro groups is 1. The molecule has 1 N–H and O–H groups in total. The van der Waals surface area contributed by atoms with Crippen LogP contribution in [0.3, 0.4) is 0 Å². The Morgan fingerprint density at radius 1 is 1.29 bits per heavy atom. The molecule has 1 aliphatic heterocycles. The summed E-state index contributed by atoms with van der Waals surface area (Å²) < 4.78 is 0.726. The van der Waals surface area contributed by atoms with Crippen LogP contribution in [0.5, 0.6) is 0 Å². The zero-order valence-electron chi connectivity index (χ0n) is 16.9. The monoisotopic (exact) mass is 455 g/mol. The lowest BCUT2D eigenvalue weighted by atomic mass is 10.2. The van der Waals surface area contributed by atoms with Gasteiger partial charge in [0.05, 0.1) is 9.82 Å². The van der Waals surface area contributed by atoms with E-state index in [-0.39, 0.29) is 17.2 Å². The molecule has 8 nitrogen and oxygen atoms in total. The van der Waals surface area contributed by atoms with Crippen molar-refractivity contribution < 1.29 is 9.72 Å². The van der Waals surface area contributed by atoms with E-state index in [4.69, 9.17) is 0 Å². The second kappa shape index (κ2) is 9.44. The lowest BCUT2D eigenvalue weighted by molar-refractivity contribution is -0.387. The number of nitrogens with one attached hydrogen (secondary N) is 1. The summed E-state index contributed by atoms with van der Waals surface area (Å²) in [6.07, 6.45) is 4.07. The second-order valence-electron chi connectivity index (χ2n) is 7.20. The quantitative estimate of drug-likeness (QED) is 0.415. The molecule has 3 heterocycles. The standard InChI is InChI=1S/C21H21N5O3S2/c1-14-13-30-21(24-14)31-18-5-4-16(11-17(18)26(28)29)20(27)23-12-15-6-7-22-19(10-15)25-8-2-3-9-25/h4-7,10-11,13H,2-3,8-9,12H2,1H3,(H,23,27). The SMILES string of the molecule is Cc1csc(Sc2ccc(C(=O)NCc3ccnc(N4CCCC4)c3)cc2[N+](=O)[O-])n1. The first-order valence-electron chi connectivity index (χ1n) is 9.86. The molecule has 1 aromatic carbocycles. The van der Waals surface area contributed by atoms with Crippen molar-refractivity contribution in [1.29, 1.82) is 0 Å². The Hall–Kier alpha value is -2.98. The summed E-state index contributed by atoms with van der Waals surface area (Å²) in [5.41, 5.74) is 1.95. The molecule has 31 heavy (non-hydrogen) atoms. The minimum Gasteiger partial charge on any atom is -0.357 e. The molecule has 4 rings (SSSR count). The van der Waals surface area contributed by atoms with Crippen molar-refractivity contribution in [3.8, 4) is 0 Å². The lowest BCUT2D eigenvalue weighted by Gasteiger charge is -2.17. The third kappa shape index (κ3) is 5.20. The third-order valence-corrected chi connectivity index (χ3v) is 7.03. The normalized spacial score (nSPS) is 13.4. The molecular weight excluding hydrogens is 434 g/mol. The van der Waals surface area contributed by atoms with Crippen LogP contribution in [0.25, 0.3) is 0 Å². The number of hydrogen-bond acceptors (Lipinski definition) is 8. The fourth-order valence-electron chi connectivity index (χ4n) is 3.34. The zero-order chi connectivity index (χ0) is 21.8. The number of benzene rings is 1. The second-order valence-corrected chi connectivity index (χ2v) is 9.34. The van der Waals surface area contributed by atoms with E-state index < -0.39 is 4.92 Å². The van der Waals surface area contributed by atoms with Gasteiger partial charge in [-0.15, -0.1) is 11.3 Å². The maximum atomic E-state index is 12.6. The first-order chi connectivity index (χ1) is 15.0. The van der Waals surface area contributed by atoms with Crippen LogP contribution in [0, 0.1) is 17.0 Å². The van der Waals surface area contributed by atoms with Crippen LogP contribution in [0.15, 0.2) is 51.1 Å². The highest BCUT2D eigenvalue weighted by Gasteiger charge is 2.20. The van der Waals surface area contributed by atoms with Crippen LogP contribution in [-0.4, -0.2) is 33.9 Å². The van der Waals surface area contributed by atoms with Gasteiger partial charge in [-0.2, -0.15) is 0 Å². The van der Waals surface area contributed by atoms with Gasteiger partial charge in [0.1, 0.15) is 5.82 Å². The van der Waals surface area contributed by atoms with Crippen LogP contribution < -0.4 is 10.2 Å². The fraction of sp³-hybridized carbons (Fsp3) is 0.286. The van der Waals surface area contributed by atoms with Crippen LogP contribution in [-0.2, 0) is 6.54 Å². The third-order valence-electron chi connectivity index (χ3n) is 4.91. The minimum atomic E-state index is -0.467. The lowest BCUT2D eigenvalue weighted by Crippen LogP contribution is -2.23. The summed E-state index contributed by atoms with van der Waals surface area (Å²) in [5.74, 6) is 0.558. The van der Waals surface area contributed by atoms with Crippen LogP contribution >= 0.6 is 23.1 Å². The van der Waals surface area contributed by atoms with Crippen molar-refractivity contribution >= 4 is 40.5 Å². The molecule has 1 saturated heterocycles. The fourth-order valence-corrected chi connectivity index (χ4v) is 5.21. The summed E-state index contributed by atoms with van der Waals surface area (Å²) in [6, 6.07) is 8.36. The van der Waals surface area contributed by atoms with Crippen molar-refractivity contribution in [1.82, 2.24) is 15.3 Å². The highest BCUT2D eigenvalue weighted by molar-refractivity contribution is 8.01. The molecule has 1 amide bonds. The summed E-state index contributed by atoms with van der Waals surface area (Å²) in [7, 11) is 0. The highest BCUT2D eigenvalue weighted by Crippen LogP contribution is 2.36. The van der Waals surface area contributed by atoms with Gasteiger partial charge in [0.25, 0.3) is 11.6 Å². The van der Waals surface area contributed by atoms with Crippen LogP contribution in [0.4, 0.5) is 11.5 Å². The molecule has 0 saturated carbocycles. The predicted molar refractivity (Wildman–Crippen MR) is 121 cm³/mol. The number of amides is 1. The van der Waals surface area contributed by atoms with Gasteiger partial charge in [0.2, 0.25) is 0 Å². The number of aromatic nitrogens is 2. The number of nitrogens with zero attached hydrogens (tertiary/aromatic N) is 4. The minimum absolute atomic E-state index is 0.106. The Bertz CT molecular complexity index is 1110. The number of carbonyl (C=O) groups is 1. The van der Waals surface area contributed by atoms with Crippen molar-refractivity contribution in [2.24, 2.45) is 0 Å². The van der Waals surface area contributed by atoms with Gasteiger partial charge >= 0.3 is 0 Å². The van der Waals surface area contributed by atoms with E-state index in [2.05, 4.69) is 20.2 Å². The number of pyridine rings is 1.